The molecule has 0 atom stereocenters. The molecule has 104 valence electrons. The highest BCUT2D eigenvalue weighted by atomic mass is 16.5. The number of Topliss-reactive ketones (excluding diaryl/α,β-unsaturated/α-hetero) is 1. The second-order valence-corrected chi connectivity index (χ2v) is 6.04. The third-order valence-electron chi connectivity index (χ3n) is 2.75. The van der Waals surface area contributed by atoms with Gasteiger partial charge in [0.25, 0.3) is 0 Å². The second kappa shape index (κ2) is 6.00. The van der Waals surface area contributed by atoms with E-state index in [1.54, 1.807) is 26.0 Å². The monoisotopic (exact) mass is 262 g/mol. The molecule has 0 radical (unpaired) electrons. The third kappa shape index (κ3) is 4.51. The van der Waals surface area contributed by atoms with Crippen LogP contribution in [0.2, 0.25) is 0 Å². The van der Waals surface area contributed by atoms with E-state index in [-0.39, 0.29) is 29.7 Å². The average molecular weight is 262 g/mol. The minimum absolute atomic E-state index is 0.109. The first-order valence-electron chi connectivity index (χ1n) is 6.52. The lowest BCUT2D eigenvalue weighted by Crippen LogP contribution is -2.20. The van der Waals surface area contributed by atoms with Gasteiger partial charge in [0, 0.05) is 11.0 Å². The normalized spacial score (nSPS) is 11.5. The van der Waals surface area contributed by atoms with Crippen molar-refractivity contribution < 1.29 is 14.3 Å². The molecule has 1 rings (SSSR count). The Bertz CT molecular complexity index is 450. The highest BCUT2D eigenvalue weighted by Gasteiger charge is 2.22. The van der Waals surface area contributed by atoms with E-state index < -0.39 is 0 Å². The van der Waals surface area contributed by atoms with E-state index in [9.17, 15) is 9.59 Å². The molecule has 0 saturated carbocycles. The number of hydrogen-bond donors (Lipinski definition) is 0. The van der Waals surface area contributed by atoms with Crippen LogP contribution >= 0.6 is 0 Å². The number of hydrogen-bond acceptors (Lipinski definition) is 3. The summed E-state index contributed by atoms with van der Waals surface area (Å²) in [6.45, 7) is 9.54. The van der Waals surface area contributed by atoms with Crippen molar-refractivity contribution in [3.8, 4) is 0 Å². The molecule has 19 heavy (non-hydrogen) atoms. The van der Waals surface area contributed by atoms with Crippen molar-refractivity contribution >= 4 is 11.8 Å². The Morgan fingerprint density at radius 2 is 1.63 bits per heavy atom. The Balaban J connectivity index is 2.67. The molecule has 0 heterocycles. The molecule has 0 fully saturated rings. The van der Waals surface area contributed by atoms with E-state index in [0.29, 0.717) is 5.56 Å². The van der Waals surface area contributed by atoms with E-state index >= 15 is 0 Å². The van der Waals surface area contributed by atoms with Gasteiger partial charge in [-0.05, 0) is 5.56 Å². The third-order valence-corrected chi connectivity index (χ3v) is 2.75. The predicted octanol–water partition coefficient (Wildman–Crippen LogP) is 3.61. The predicted molar refractivity (Wildman–Crippen MR) is 74.9 cm³/mol. The van der Waals surface area contributed by atoms with Crippen LogP contribution < -0.4 is 0 Å². The number of carbonyl (C=O) groups is 2. The molecule has 1 aromatic carbocycles. The highest BCUT2D eigenvalue weighted by molar-refractivity contribution is 5.99. The summed E-state index contributed by atoms with van der Waals surface area (Å²) in [7, 11) is 0. The summed E-state index contributed by atoms with van der Waals surface area (Å²) in [4.78, 5) is 23.4. The van der Waals surface area contributed by atoms with Gasteiger partial charge in [0.2, 0.25) is 0 Å². The molecule has 0 unspecified atom stereocenters. The van der Waals surface area contributed by atoms with Crippen LogP contribution in [0.4, 0.5) is 0 Å². The maximum Gasteiger partial charge on any atom is 0.308 e. The van der Waals surface area contributed by atoms with Gasteiger partial charge in [0.1, 0.15) is 6.61 Å². The summed E-state index contributed by atoms with van der Waals surface area (Å²) in [6, 6.07) is 7.22. The second-order valence-electron chi connectivity index (χ2n) is 6.04. The first kappa shape index (κ1) is 15.4. The van der Waals surface area contributed by atoms with Gasteiger partial charge in [0.05, 0.1) is 5.92 Å². The molecule has 0 spiro atoms. The summed E-state index contributed by atoms with van der Waals surface area (Å²) in [6.07, 6.45) is 0. The number of rotatable bonds is 4. The van der Waals surface area contributed by atoms with Gasteiger partial charge in [-0.3, -0.25) is 9.59 Å². The summed E-state index contributed by atoms with van der Waals surface area (Å²) in [5.74, 6) is -0.227. The quantitative estimate of drug-likeness (QED) is 0.615. The fraction of sp³-hybridized carbons (Fsp3) is 0.500. The van der Waals surface area contributed by atoms with Gasteiger partial charge in [-0.25, -0.2) is 0 Å². The molecule has 3 heteroatoms. The van der Waals surface area contributed by atoms with Crippen LogP contribution in [0.15, 0.2) is 24.3 Å². The van der Waals surface area contributed by atoms with Crippen molar-refractivity contribution in [2.24, 2.45) is 11.3 Å². The SMILES string of the molecule is CC(C)C(=O)OCc1ccc(C(=O)C(C)(C)C)cc1. The lowest BCUT2D eigenvalue weighted by atomic mass is 9.86. The Morgan fingerprint density at radius 3 is 2.05 bits per heavy atom. The molecule has 0 bridgehead atoms. The van der Waals surface area contributed by atoms with E-state index in [1.807, 2.05) is 32.9 Å². The van der Waals surface area contributed by atoms with Crippen LogP contribution in [0.25, 0.3) is 0 Å². The Labute approximate surface area is 115 Å². The summed E-state index contributed by atoms with van der Waals surface area (Å²) in [5.41, 5.74) is 1.19. The number of carbonyl (C=O) groups excluding carboxylic acids is 2. The molecule has 0 aliphatic rings. The Kier molecular flexibility index (Phi) is 4.87. The van der Waals surface area contributed by atoms with Crippen LogP contribution in [-0.4, -0.2) is 11.8 Å². The first-order valence-corrected chi connectivity index (χ1v) is 6.52. The number of benzene rings is 1. The molecule has 0 amide bonds. The topological polar surface area (TPSA) is 43.4 Å². The van der Waals surface area contributed by atoms with Gasteiger partial charge in [-0.2, -0.15) is 0 Å². The Morgan fingerprint density at radius 1 is 1.11 bits per heavy atom. The van der Waals surface area contributed by atoms with Gasteiger partial charge < -0.3 is 4.74 Å². The van der Waals surface area contributed by atoms with Gasteiger partial charge >= 0.3 is 5.97 Å². The molecule has 1 aromatic rings. The molecular formula is C16H22O3. The zero-order valence-corrected chi connectivity index (χ0v) is 12.3. The molecule has 0 aliphatic heterocycles. The summed E-state index contributed by atoms with van der Waals surface area (Å²) < 4.78 is 5.13. The van der Waals surface area contributed by atoms with Crippen LogP contribution in [0.3, 0.4) is 0 Å². The zero-order chi connectivity index (χ0) is 14.6. The highest BCUT2D eigenvalue weighted by Crippen LogP contribution is 2.21. The van der Waals surface area contributed by atoms with Crippen LogP contribution in [0.1, 0.15) is 50.5 Å². The molecule has 0 aromatic heterocycles. The maximum atomic E-state index is 12.0. The fourth-order valence-corrected chi connectivity index (χ4v) is 1.51. The van der Waals surface area contributed by atoms with Crippen molar-refractivity contribution in [1.29, 1.82) is 0 Å². The maximum absolute atomic E-state index is 12.0. The molecule has 0 aliphatic carbocycles. The van der Waals surface area contributed by atoms with Gasteiger partial charge in [0.15, 0.2) is 5.78 Å². The van der Waals surface area contributed by atoms with Gasteiger partial charge in [-0.1, -0.05) is 58.9 Å². The van der Waals surface area contributed by atoms with Crippen molar-refractivity contribution in [3.63, 3.8) is 0 Å². The lowest BCUT2D eigenvalue weighted by Gasteiger charge is -2.16. The fourth-order valence-electron chi connectivity index (χ4n) is 1.51. The molecule has 0 saturated heterocycles. The van der Waals surface area contributed by atoms with Crippen molar-refractivity contribution in [2.45, 2.75) is 41.2 Å². The van der Waals surface area contributed by atoms with E-state index in [1.165, 1.54) is 0 Å². The standard InChI is InChI=1S/C16H22O3/c1-11(2)15(18)19-10-12-6-8-13(9-7-12)14(17)16(3,4)5/h6-9,11H,10H2,1-5H3. The number of esters is 1. The first-order chi connectivity index (χ1) is 8.71. The molecular weight excluding hydrogens is 240 g/mol. The van der Waals surface area contributed by atoms with Gasteiger partial charge in [-0.15, -0.1) is 0 Å². The Hall–Kier alpha value is -1.64. The van der Waals surface area contributed by atoms with Crippen LogP contribution in [0, 0.1) is 11.3 Å². The minimum atomic E-state index is -0.383. The summed E-state index contributed by atoms with van der Waals surface area (Å²) >= 11 is 0. The molecule has 3 nitrogen and oxygen atoms in total. The van der Waals surface area contributed by atoms with E-state index in [4.69, 9.17) is 4.74 Å². The average Bonchev–Trinajstić information content (AvgIpc) is 2.34. The zero-order valence-electron chi connectivity index (χ0n) is 12.3. The van der Waals surface area contributed by atoms with E-state index in [2.05, 4.69) is 0 Å². The smallest absolute Gasteiger partial charge is 0.308 e. The largest absolute Gasteiger partial charge is 0.461 e. The number of ether oxygens (including phenoxy) is 1. The lowest BCUT2D eigenvalue weighted by molar-refractivity contribution is -0.148. The van der Waals surface area contributed by atoms with Crippen molar-refractivity contribution in [2.75, 3.05) is 0 Å². The summed E-state index contributed by atoms with van der Waals surface area (Å²) in [5, 5.41) is 0. The number of ketones is 1. The van der Waals surface area contributed by atoms with Crippen molar-refractivity contribution in [1.82, 2.24) is 0 Å². The van der Waals surface area contributed by atoms with Crippen LogP contribution in [0.5, 0.6) is 0 Å². The van der Waals surface area contributed by atoms with E-state index in [0.717, 1.165) is 5.56 Å². The van der Waals surface area contributed by atoms with Crippen LogP contribution in [-0.2, 0) is 16.1 Å². The van der Waals surface area contributed by atoms with Crippen molar-refractivity contribution in [3.05, 3.63) is 35.4 Å². The molecule has 0 N–H and O–H groups in total. The minimum Gasteiger partial charge on any atom is -0.461 e.